The Morgan fingerprint density at radius 1 is 1.29 bits per heavy atom. The molecule has 0 aliphatic heterocycles. The molecule has 0 atom stereocenters. The summed E-state index contributed by atoms with van der Waals surface area (Å²) in [5.74, 6) is 0.114. The van der Waals surface area contributed by atoms with Crippen LogP contribution in [0.5, 0.6) is 5.75 Å². The molecule has 0 N–H and O–H groups in total. The second-order valence-electron chi connectivity index (χ2n) is 3.24. The second-order valence-corrected chi connectivity index (χ2v) is 5.40. The van der Waals surface area contributed by atoms with Crippen LogP contribution in [0.15, 0.2) is 47.2 Å². The van der Waals surface area contributed by atoms with Crippen molar-refractivity contribution in [2.45, 2.75) is 0 Å². The number of carbonyl (C=O) groups excluding carboxylic acids is 1. The average Bonchev–Trinajstić information content (AvgIpc) is 2.29. The third-order valence-electron chi connectivity index (χ3n) is 1.95. The maximum absolute atomic E-state index is 11.8. The Morgan fingerprint density at radius 2 is 2.12 bits per heavy atom. The summed E-state index contributed by atoms with van der Waals surface area (Å²) in [5.41, 5.74) is 0.415. The van der Waals surface area contributed by atoms with Crippen LogP contribution in [0.25, 0.3) is 0 Å². The number of benzene rings is 1. The summed E-state index contributed by atoms with van der Waals surface area (Å²) in [4.78, 5) is 15.7. The van der Waals surface area contributed by atoms with E-state index >= 15 is 0 Å². The van der Waals surface area contributed by atoms with Crippen LogP contribution in [0.2, 0.25) is 0 Å². The maximum atomic E-state index is 11.8. The first-order chi connectivity index (χ1) is 8.15. The highest BCUT2D eigenvalue weighted by molar-refractivity contribution is 14.1. The van der Waals surface area contributed by atoms with E-state index in [0.29, 0.717) is 11.3 Å². The first-order valence-electron chi connectivity index (χ1n) is 4.73. The summed E-state index contributed by atoms with van der Waals surface area (Å²) < 4.78 is 6.99. The smallest absolute Gasteiger partial charge is 0.345 e. The zero-order valence-corrected chi connectivity index (χ0v) is 12.3. The molecule has 0 saturated carbocycles. The van der Waals surface area contributed by atoms with E-state index in [0.717, 1.165) is 8.04 Å². The van der Waals surface area contributed by atoms with Crippen LogP contribution in [0.1, 0.15) is 10.4 Å². The number of carbonyl (C=O) groups is 1. The molecule has 0 radical (unpaired) electrons. The third kappa shape index (κ3) is 3.50. The molecule has 2 rings (SSSR count). The topological polar surface area (TPSA) is 39.2 Å². The SMILES string of the molecule is O=C(Oc1cccc(I)c1)c1cncc(Br)c1. The normalized spacial score (nSPS) is 10.0. The molecule has 3 nitrogen and oxygen atoms in total. The van der Waals surface area contributed by atoms with E-state index in [1.807, 2.05) is 12.1 Å². The fraction of sp³-hybridized carbons (Fsp3) is 0. The Labute approximate surface area is 120 Å². The van der Waals surface area contributed by atoms with Gasteiger partial charge in [-0.05, 0) is 62.8 Å². The molecule has 0 bridgehead atoms. The minimum Gasteiger partial charge on any atom is -0.423 e. The highest BCUT2D eigenvalue weighted by Crippen LogP contribution is 2.17. The zero-order chi connectivity index (χ0) is 12.3. The number of hydrogen-bond acceptors (Lipinski definition) is 3. The Hall–Kier alpha value is -0.950. The van der Waals surface area contributed by atoms with Crippen molar-refractivity contribution in [3.63, 3.8) is 0 Å². The number of hydrogen-bond donors (Lipinski definition) is 0. The molecule has 86 valence electrons. The van der Waals surface area contributed by atoms with Crippen LogP contribution < -0.4 is 4.74 Å². The molecule has 0 aliphatic rings. The summed E-state index contributed by atoms with van der Waals surface area (Å²) in [5, 5.41) is 0. The molecule has 0 aliphatic carbocycles. The lowest BCUT2D eigenvalue weighted by atomic mass is 10.3. The number of aromatic nitrogens is 1. The van der Waals surface area contributed by atoms with Gasteiger partial charge in [0.2, 0.25) is 0 Å². The van der Waals surface area contributed by atoms with Gasteiger partial charge in [-0.3, -0.25) is 4.98 Å². The van der Waals surface area contributed by atoms with E-state index < -0.39 is 5.97 Å². The van der Waals surface area contributed by atoms with Gasteiger partial charge in [0, 0.05) is 20.4 Å². The number of ether oxygens (including phenoxy) is 1. The molecule has 0 saturated heterocycles. The molecular formula is C12H7BrINO2. The Balaban J connectivity index is 2.17. The predicted molar refractivity (Wildman–Crippen MR) is 76.1 cm³/mol. The van der Waals surface area contributed by atoms with E-state index in [-0.39, 0.29) is 0 Å². The molecular weight excluding hydrogens is 397 g/mol. The van der Waals surface area contributed by atoms with Crippen molar-refractivity contribution in [3.8, 4) is 5.75 Å². The molecule has 0 amide bonds. The van der Waals surface area contributed by atoms with Crippen LogP contribution >= 0.6 is 38.5 Å². The summed E-state index contributed by atoms with van der Waals surface area (Å²) in [7, 11) is 0. The van der Waals surface area contributed by atoms with Crippen molar-refractivity contribution in [3.05, 3.63) is 56.3 Å². The van der Waals surface area contributed by atoms with Gasteiger partial charge in [0.1, 0.15) is 5.75 Å². The minimum atomic E-state index is -0.416. The van der Waals surface area contributed by atoms with Gasteiger partial charge in [-0.25, -0.2) is 4.79 Å². The number of nitrogens with zero attached hydrogens (tertiary/aromatic N) is 1. The predicted octanol–water partition coefficient (Wildman–Crippen LogP) is 3.67. The Bertz CT molecular complexity index is 560. The lowest BCUT2D eigenvalue weighted by Crippen LogP contribution is -2.08. The molecule has 17 heavy (non-hydrogen) atoms. The minimum absolute atomic E-state index is 0.415. The Kier molecular flexibility index (Phi) is 4.11. The van der Waals surface area contributed by atoms with E-state index in [1.165, 1.54) is 6.20 Å². The molecule has 2 aromatic rings. The van der Waals surface area contributed by atoms with Crippen molar-refractivity contribution in [2.24, 2.45) is 0 Å². The fourth-order valence-corrected chi connectivity index (χ4v) is 2.10. The summed E-state index contributed by atoms with van der Waals surface area (Å²) in [6.07, 6.45) is 3.09. The van der Waals surface area contributed by atoms with Gasteiger partial charge in [-0.15, -0.1) is 0 Å². The lowest BCUT2D eigenvalue weighted by Gasteiger charge is -2.04. The molecule has 0 spiro atoms. The van der Waals surface area contributed by atoms with Gasteiger partial charge >= 0.3 is 5.97 Å². The Morgan fingerprint density at radius 3 is 2.82 bits per heavy atom. The van der Waals surface area contributed by atoms with E-state index in [9.17, 15) is 4.79 Å². The van der Waals surface area contributed by atoms with Gasteiger partial charge in [-0.1, -0.05) is 6.07 Å². The first-order valence-corrected chi connectivity index (χ1v) is 6.60. The monoisotopic (exact) mass is 403 g/mol. The van der Waals surface area contributed by atoms with Crippen molar-refractivity contribution >= 4 is 44.5 Å². The van der Waals surface area contributed by atoms with Crippen LogP contribution in [0, 0.1) is 3.57 Å². The quantitative estimate of drug-likeness (QED) is 0.436. The van der Waals surface area contributed by atoms with E-state index in [2.05, 4.69) is 43.5 Å². The number of esters is 1. The van der Waals surface area contributed by atoms with Crippen molar-refractivity contribution in [2.75, 3.05) is 0 Å². The number of rotatable bonds is 2. The molecule has 0 unspecified atom stereocenters. The number of pyridine rings is 1. The summed E-state index contributed by atoms with van der Waals surface area (Å²) in [6, 6.07) is 8.97. The van der Waals surface area contributed by atoms with Crippen LogP contribution in [-0.4, -0.2) is 11.0 Å². The van der Waals surface area contributed by atoms with Gasteiger partial charge < -0.3 is 4.74 Å². The zero-order valence-electron chi connectivity index (χ0n) is 8.56. The standard InChI is InChI=1S/C12H7BrINO2/c13-9-4-8(6-15-7-9)12(16)17-11-3-1-2-10(14)5-11/h1-7H. The molecule has 0 fully saturated rings. The van der Waals surface area contributed by atoms with E-state index in [4.69, 9.17) is 4.74 Å². The molecule has 1 aromatic carbocycles. The van der Waals surface area contributed by atoms with Gasteiger partial charge in [0.15, 0.2) is 0 Å². The van der Waals surface area contributed by atoms with Crippen molar-refractivity contribution in [1.82, 2.24) is 4.98 Å². The lowest BCUT2D eigenvalue weighted by molar-refractivity contribution is 0.0734. The van der Waals surface area contributed by atoms with Crippen LogP contribution in [-0.2, 0) is 0 Å². The van der Waals surface area contributed by atoms with Gasteiger partial charge in [0.25, 0.3) is 0 Å². The van der Waals surface area contributed by atoms with Gasteiger partial charge in [-0.2, -0.15) is 0 Å². The van der Waals surface area contributed by atoms with Crippen LogP contribution in [0.3, 0.4) is 0 Å². The maximum Gasteiger partial charge on any atom is 0.345 e. The highest BCUT2D eigenvalue weighted by Gasteiger charge is 2.09. The molecule has 1 aromatic heterocycles. The number of halogens is 2. The van der Waals surface area contributed by atoms with E-state index in [1.54, 1.807) is 24.4 Å². The fourth-order valence-electron chi connectivity index (χ4n) is 1.22. The van der Waals surface area contributed by atoms with Crippen molar-refractivity contribution in [1.29, 1.82) is 0 Å². The highest BCUT2D eigenvalue weighted by atomic mass is 127. The third-order valence-corrected chi connectivity index (χ3v) is 3.05. The second kappa shape index (κ2) is 5.59. The van der Waals surface area contributed by atoms with Gasteiger partial charge in [0.05, 0.1) is 5.56 Å². The summed E-state index contributed by atoms with van der Waals surface area (Å²) >= 11 is 5.42. The molecule has 1 heterocycles. The molecule has 5 heteroatoms. The average molecular weight is 404 g/mol. The first kappa shape index (κ1) is 12.5. The largest absolute Gasteiger partial charge is 0.423 e. The summed E-state index contributed by atoms with van der Waals surface area (Å²) in [6.45, 7) is 0. The van der Waals surface area contributed by atoms with Crippen molar-refractivity contribution < 1.29 is 9.53 Å². The van der Waals surface area contributed by atoms with Crippen LogP contribution in [0.4, 0.5) is 0 Å².